The van der Waals surface area contributed by atoms with Gasteiger partial charge in [-0.2, -0.15) is 0 Å². The van der Waals surface area contributed by atoms with Gasteiger partial charge in [-0.15, -0.1) is 0 Å². The molecule has 2 fully saturated rings. The molecule has 0 atom stereocenters. The van der Waals surface area contributed by atoms with E-state index in [1.165, 1.54) is 7.11 Å². The normalized spacial score (nSPS) is 22.3. The van der Waals surface area contributed by atoms with Gasteiger partial charge in [0.1, 0.15) is 0 Å². The highest BCUT2D eigenvalue weighted by molar-refractivity contribution is 5.31. The molecule has 0 N–H and O–H groups in total. The van der Waals surface area contributed by atoms with Gasteiger partial charge in [0.15, 0.2) is 17.4 Å². The summed E-state index contributed by atoms with van der Waals surface area (Å²) in [7, 11) is 1.49. The highest BCUT2D eigenvalue weighted by Crippen LogP contribution is 2.32. The van der Waals surface area contributed by atoms with Gasteiger partial charge >= 0.3 is 0 Å². The topological polar surface area (TPSA) is 30.9 Å². The molecule has 2 heterocycles. The van der Waals surface area contributed by atoms with Crippen molar-refractivity contribution in [1.29, 1.82) is 0 Å². The van der Waals surface area contributed by atoms with Crippen LogP contribution in [0.25, 0.3) is 0 Å². The Hall–Kier alpha value is -1.17. The van der Waals surface area contributed by atoms with Crippen LogP contribution < -0.4 is 4.74 Å². The monoisotopic (exact) mass is 281 g/mol. The fourth-order valence-corrected chi connectivity index (χ4v) is 2.91. The Morgan fingerprint density at radius 2 is 1.95 bits per heavy atom. The van der Waals surface area contributed by atoms with Crippen LogP contribution in [0.3, 0.4) is 0 Å². The van der Waals surface area contributed by atoms with Crippen LogP contribution in [0, 0.1) is 5.82 Å². The maximum Gasteiger partial charge on any atom is 0.170 e. The van der Waals surface area contributed by atoms with E-state index in [0.717, 1.165) is 25.9 Å². The van der Waals surface area contributed by atoms with Gasteiger partial charge in [0.05, 0.1) is 20.3 Å². The number of hydrogen-bond acceptors (Lipinski definition) is 4. The van der Waals surface area contributed by atoms with E-state index in [0.29, 0.717) is 31.1 Å². The number of halogens is 1. The first kappa shape index (κ1) is 13.8. The molecular weight excluding hydrogens is 261 g/mol. The van der Waals surface area contributed by atoms with E-state index in [1.807, 2.05) is 12.1 Å². The van der Waals surface area contributed by atoms with Crippen LogP contribution in [0.4, 0.5) is 4.39 Å². The minimum absolute atomic E-state index is 0.261. The van der Waals surface area contributed by atoms with Crippen molar-refractivity contribution in [3.8, 4) is 5.75 Å². The number of methoxy groups -OCH3 is 1. The fourth-order valence-electron chi connectivity index (χ4n) is 2.91. The van der Waals surface area contributed by atoms with E-state index < -0.39 is 0 Å². The number of likely N-dealkylation sites (tertiary alicyclic amines) is 1. The van der Waals surface area contributed by atoms with Crippen LogP contribution in [0.15, 0.2) is 18.2 Å². The molecule has 0 amide bonds. The van der Waals surface area contributed by atoms with E-state index in [1.54, 1.807) is 6.07 Å². The van der Waals surface area contributed by atoms with Crippen molar-refractivity contribution < 1.29 is 18.6 Å². The second kappa shape index (κ2) is 5.68. The standard InChI is InChI=1S/C15H20FNO3/c1-18-13-4-2-3-12(14(13)16)11-17-7-5-15(6-8-17)19-9-10-20-15/h2-4H,5-11H2,1H3. The van der Waals surface area contributed by atoms with Crippen LogP contribution in [0.1, 0.15) is 18.4 Å². The van der Waals surface area contributed by atoms with Crippen LogP contribution in [-0.2, 0) is 16.0 Å². The van der Waals surface area contributed by atoms with Crippen LogP contribution >= 0.6 is 0 Å². The summed E-state index contributed by atoms with van der Waals surface area (Å²) in [5.74, 6) is -0.328. The third-order valence-corrected chi connectivity index (χ3v) is 4.09. The lowest BCUT2D eigenvalue weighted by atomic mass is 10.0. The molecule has 1 spiro atoms. The minimum Gasteiger partial charge on any atom is -0.494 e. The predicted molar refractivity (Wildman–Crippen MR) is 72.1 cm³/mol. The van der Waals surface area contributed by atoms with E-state index in [-0.39, 0.29) is 11.6 Å². The lowest BCUT2D eigenvalue weighted by molar-refractivity contribution is -0.185. The molecule has 1 aromatic carbocycles. The Bertz CT molecular complexity index is 464. The fraction of sp³-hybridized carbons (Fsp3) is 0.600. The molecule has 3 rings (SSSR count). The van der Waals surface area contributed by atoms with Gasteiger partial charge in [-0.05, 0) is 6.07 Å². The largest absolute Gasteiger partial charge is 0.494 e. The Morgan fingerprint density at radius 1 is 1.25 bits per heavy atom. The van der Waals surface area contributed by atoms with Gasteiger partial charge in [0, 0.05) is 38.0 Å². The molecule has 0 unspecified atom stereocenters. The summed E-state index contributed by atoms with van der Waals surface area (Å²) in [5.41, 5.74) is 0.675. The van der Waals surface area contributed by atoms with Crippen LogP contribution in [0.5, 0.6) is 5.75 Å². The molecule has 0 saturated carbocycles. The number of nitrogens with zero attached hydrogens (tertiary/aromatic N) is 1. The van der Waals surface area contributed by atoms with E-state index in [9.17, 15) is 4.39 Å². The summed E-state index contributed by atoms with van der Waals surface area (Å²) in [5, 5.41) is 0. The summed E-state index contributed by atoms with van der Waals surface area (Å²) in [6, 6.07) is 5.28. The summed E-state index contributed by atoms with van der Waals surface area (Å²) in [4.78, 5) is 2.23. The number of hydrogen-bond donors (Lipinski definition) is 0. The van der Waals surface area contributed by atoms with Crippen molar-refractivity contribution >= 4 is 0 Å². The molecule has 5 heteroatoms. The maximum absolute atomic E-state index is 14.1. The van der Waals surface area contributed by atoms with Crippen molar-refractivity contribution in [2.75, 3.05) is 33.4 Å². The SMILES string of the molecule is COc1cccc(CN2CCC3(CC2)OCCO3)c1F. The first-order valence-electron chi connectivity index (χ1n) is 7.04. The van der Waals surface area contributed by atoms with Gasteiger partial charge in [-0.25, -0.2) is 4.39 Å². The highest BCUT2D eigenvalue weighted by atomic mass is 19.1. The molecule has 4 nitrogen and oxygen atoms in total. The lowest BCUT2D eigenvalue weighted by Crippen LogP contribution is -2.44. The number of benzene rings is 1. The highest BCUT2D eigenvalue weighted by Gasteiger charge is 2.39. The van der Waals surface area contributed by atoms with Crippen molar-refractivity contribution in [3.63, 3.8) is 0 Å². The summed E-state index contributed by atoms with van der Waals surface area (Å²) >= 11 is 0. The third-order valence-electron chi connectivity index (χ3n) is 4.09. The molecule has 20 heavy (non-hydrogen) atoms. The molecule has 0 aromatic heterocycles. The Kier molecular flexibility index (Phi) is 3.92. The molecule has 2 aliphatic heterocycles. The maximum atomic E-state index is 14.1. The summed E-state index contributed by atoms with van der Waals surface area (Å²) < 4.78 is 30.5. The van der Waals surface area contributed by atoms with Gasteiger partial charge in [-0.1, -0.05) is 12.1 Å². The molecule has 110 valence electrons. The lowest BCUT2D eigenvalue weighted by Gasteiger charge is -2.37. The zero-order valence-corrected chi connectivity index (χ0v) is 11.7. The number of rotatable bonds is 3. The van der Waals surface area contributed by atoms with Gasteiger partial charge in [-0.3, -0.25) is 4.90 Å². The average molecular weight is 281 g/mol. The zero-order chi connectivity index (χ0) is 14.0. The van der Waals surface area contributed by atoms with Crippen molar-refractivity contribution in [1.82, 2.24) is 4.90 Å². The predicted octanol–water partition coefficient (Wildman–Crippen LogP) is 2.17. The quantitative estimate of drug-likeness (QED) is 0.849. The Labute approximate surface area is 118 Å². The summed E-state index contributed by atoms with van der Waals surface area (Å²) in [6.07, 6.45) is 1.69. The molecule has 0 aliphatic carbocycles. The smallest absolute Gasteiger partial charge is 0.170 e. The molecule has 2 aliphatic rings. The third kappa shape index (κ3) is 2.66. The summed E-state index contributed by atoms with van der Waals surface area (Å²) in [6.45, 7) is 3.68. The molecule has 0 radical (unpaired) electrons. The van der Waals surface area contributed by atoms with Crippen molar-refractivity contribution in [2.45, 2.75) is 25.2 Å². The Balaban J connectivity index is 1.62. The van der Waals surface area contributed by atoms with Crippen molar-refractivity contribution in [2.24, 2.45) is 0 Å². The van der Waals surface area contributed by atoms with Crippen LogP contribution in [0.2, 0.25) is 0 Å². The first-order valence-corrected chi connectivity index (χ1v) is 7.04. The zero-order valence-electron chi connectivity index (χ0n) is 11.7. The van der Waals surface area contributed by atoms with E-state index >= 15 is 0 Å². The van der Waals surface area contributed by atoms with E-state index in [2.05, 4.69) is 4.90 Å². The van der Waals surface area contributed by atoms with Gasteiger partial charge in [0.2, 0.25) is 0 Å². The number of piperidine rings is 1. The molecule has 2 saturated heterocycles. The molecular formula is C15H20FNO3. The van der Waals surface area contributed by atoms with Gasteiger partial charge < -0.3 is 14.2 Å². The average Bonchev–Trinajstić information content (AvgIpc) is 2.92. The first-order chi connectivity index (χ1) is 9.72. The molecule has 0 bridgehead atoms. The van der Waals surface area contributed by atoms with Gasteiger partial charge in [0.25, 0.3) is 0 Å². The second-order valence-corrected chi connectivity index (χ2v) is 5.32. The Morgan fingerprint density at radius 3 is 2.60 bits per heavy atom. The van der Waals surface area contributed by atoms with E-state index in [4.69, 9.17) is 14.2 Å². The van der Waals surface area contributed by atoms with Crippen LogP contribution in [-0.4, -0.2) is 44.1 Å². The minimum atomic E-state index is -0.372. The van der Waals surface area contributed by atoms with Crippen molar-refractivity contribution in [3.05, 3.63) is 29.6 Å². The molecule has 1 aromatic rings. The second-order valence-electron chi connectivity index (χ2n) is 5.32. The number of ether oxygens (including phenoxy) is 3.